The van der Waals surface area contributed by atoms with Gasteiger partial charge in [0, 0.05) is 48.6 Å². The molecule has 0 aliphatic heterocycles. The Morgan fingerprint density at radius 2 is 1.49 bits per heavy atom. The Kier molecular flexibility index (Phi) is 15.2. The summed E-state index contributed by atoms with van der Waals surface area (Å²) in [5.74, 6) is 0.547. The van der Waals surface area contributed by atoms with Crippen molar-refractivity contribution in [2.75, 3.05) is 0 Å². The van der Waals surface area contributed by atoms with Gasteiger partial charge in [-0.15, -0.1) is 40.5 Å². The average Bonchev–Trinajstić information content (AvgIpc) is 3.35. The number of thiophene rings is 1. The molecular weight excluding hydrogens is 777 g/mol. The van der Waals surface area contributed by atoms with Gasteiger partial charge in [0.2, 0.25) is 0 Å². The monoisotopic (exact) mass is 832 g/mol. The summed E-state index contributed by atoms with van der Waals surface area (Å²) in [5.41, 5.74) is 5.85. The summed E-state index contributed by atoms with van der Waals surface area (Å²) >= 11 is 1.85. The largest absolute Gasteiger partial charge is 0.512 e. The molecule has 4 rings (SSSR count). The van der Waals surface area contributed by atoms with Crippen LogP contribution in [0.4, 0.5) is 0 Å². The van der Waals surface area contributed by atoms with Gasteiger partial charge in [-0.2, -0.15) is 0 Å². The van der Waals surface area contributed by atoms with Crippen molar-refractivity contribution in [3.63, 3.8) is 0 Å². The third kappa shape index (κ3) is 11.2. The zero-order valence-corrected chi connectivity index (χ0v) is 33.6. The smallest absolute Gasteiger partial charge is 0.162 e. The second kappa shape index (κ2) is 17.7. The molecule has 0 unspecified atom stereocenters. The summed E-state index contributed by atoms with van der Waals surface area (Å²) in [6, 6.07) is 18.8. The summed E-state index contributed by atoms with van der Waals surface area (Å²) in [5, 5.41) is 12.1. The number of carbonyl (C=O) groups is 1. The molecular formula is C41H55IrN2O2S-. The third-order valence-corrected chi connectivity index (χ3v) is 9.77. The van der Waals surface area contributed by atoms with Gasteiger partial charge in [-0.1, -0.05) is 98.4 Å². The molecule has 0 aliphatic rings. The molecule has 2 aromatic carbocycles. The van der Waals surface area contributed by atoms with Crippen LogP contribution in [-0.2, 0) is 36.7 Å². The van der Waals surface area contributed by atoms with Gasteiger partial charge in [0.05, 0.1) is 16.3 Å². The number of nitrogens with zero attached hydrogens (tertiary/aromatic N) is 2. The maximum atomic E-state index is 11.7. The molecule has 0 saturated heterocycles. The fourth-order valence-electron chi connectivity index (χ4n) is 5.81. The van der Waals surface area contributed by atoms with E-state index in [1.54, 1.807) is 6.33 Å². The number of benzene rings is 2. The number of carbonyl (C=O) groups excluding carboxylic acids is 1. The topological polar surface area (TPSA) is 63.1 Å². The summed E-state index contributed by atoms with van der Waals surface area (Å²) in [6.07, 6.45) is 7.67. The second-order valence-corrected chi connectivity index (χ2v) is 15.8. The Hall–Kier alpha value is -2.66. The predicted octanol–water partition coefficient (Wildman–Crippen LogP) is 11.9. The SMILES string of the molecule is CCC(CC)C(=O)/C=C(\O)C(CC)CC.Cc1cc(CC(C)(C)C)sc1-c1cc(-c2[c-]c3ccccc3c(C(C)(C)C)c2)ncn1.[Ir]. The summed E-state index contributed by atoms with van der Waals surface area (Å²) in [4.78, 5) is 23.6. The molecule has 1 N–H and O–H groups in total. The Bertz CT molecular complexity index is 1630. The van der Waals surface area contributed by atoms with Crippen molar-refractivity contribution in [1.82, 2.24) is 9.97 Å². The molecule has 0 fully saturated rings. The zero-order chi connectivity index (χ0) is 34.2. The maximum absolute atomic E-state index is 11.7. The number of aliphatic hydroxyl groups is 1. The zero-order valence-electron chi connectivity index (χ0n) is 30.4. The number of aryl methyl sites for hydroxylation is 1. The minimum absolute atomic E-state index is 0. The Morgan fingerprint density at radius 1 is 0.894 bits per heavy atom. The first kappa shape index (κ1) is 40.5. The predicted molar refractivity (Wildman–Crippen MR) is 198 cm³/mol. The van der Waals surface area contributed by atoms with E-state index in [0.29, 0.717) is 0 Å². The minimum atomic E-state index is 0. The molecule has 0 amide bonds. The van der Waals surface area contributed by atoms with Crippen LogP contribution in [0.5, 0.6) is 0 Å². The van der Waals surface area contributed by atoms with Crippen molar-refractivity contribution in [2.24, 2.45) is 17.3 Å². The van der Waals surface area contributed by atoms with Crippen LogP contribution in [0.25, 0.3) is 32.6 Å². The van der Waals surface area contributed by atoms with Crippen LogP contribution in [0.2, 0.25) is 0 Å². The van der Waals surface area contributed by atoms with Gasteiger partial charge in [-0.25, -0.2) is 4.98 Å². The number of allylic oxidation sites excluding steroid dienone is 2. The first-order valence-electron chi connectivity index (χ1n) is 16.9. The van der Waals surface area contributed by atoms with Crippen LogP contribution in [-0.4, -0.2) is 20.9 Å². The van der Waals surface area contributed by atoms with E-state index in [1.165, 1.54) is 32.3 Å². The quantitative estimate of drug-likeness (QED) is 0.0982. The summed E-state index contributed by atoms with van der Waals surface area (Å²) in [7, 11) is 0. The van der Waals surface area contributed by atoms with Gasteiger partial charge in [0.25, 0.3) is 0 Å². The maximum Gasteiger partial charge on any atom is 0.162 e. The molecule has 2 aromatic heterocycles. The van der Waals surface area contributed by atoms with Crippen LogP contribution >= 0.6 is 11.3 Å². The van der Waals surface area contributed by atoms with Crippen molar-refractivity contribution in [2.45, 2.75) is 114 Å². The molecule has 47 heavy (non-hydrogen) atoms. The molecule has 0 aliphatic carbocycles. The van der Waals surface area contributed by atoms with Crippen LogP contribution in [0.15, 0.2) is 60.6 Å². The minimum Gasteiger partial charge on any atom is -0.512 e. The van der Waals surface area contributed by atoms with Gasteiger partial charge < -0.3 is 5.11 Å². The summed E-state index contributed by atoms with van der Waals surface area (Å²) in [6.45, 7) is 23.9. The number of aliphatic hydroxyl groups excluding tert-OH is 1. The Labute approximate surface area is 301 Å². The molecule has 4 aromatic rings. The van der Waals surface area contributed by atoms with Crippen LogP contribution < -0.4 is 0 Å². The molecule has 0 saturated carbocycles. The van der Waals surface area contributed by atoms with Gasteiger partial charge in [-0.05, 0) is 67.6 Å². The molecule has 257 valence electrons. The first-order valence-corrected chi connectivity index (χ1v) is 17.7. The first-order chi connectivity index (χ1) is 21.6. The Morgan fingerprint density at radius 3 is 2.06 bits per heavy atom. The number of fused-ring (bicyclic) bond motifs is 1. The van der Waals surface area contributed by atoms with Crippen molar-refractivity contribution in [3.8, 4) is 21.8 Å². The van der Waals surface area contributed by atoms with E-state index in [0.717, 1.165) is 54.4 Å². The van der Waals surface area contributed by atoms with E-state index in [2.05, 4.69) is 107 Å². The summed E-state index contributed by atoms with van der Waals surface area (Å²) < 4.78 is 0. The van der Waals surface area contributed by atoms with E-state index in [-0.39, 0.29) is 54.3 Å². The van der Waals surface area contributed by atoms with E-state index < -0.39 is 0 Å². The molecule has 0 atom stereocenters. The molecule has 6 heteroatoms. The average molecular weight is 832 g/mol. The molecule has 0 bridgehead atoms. The third-order valence-electron chi connectivity index (χ3n) is 8.51. The van der Waals surface area contributed by atoms with Crippen molar-refractivity contribution in [3.05, 3.63) is 82.7 Å². The number of hydrogen-bond acceptors (Lipinski definition) is 5. The van der Waals surface area contributed by atoms with Gasteiger partial charge >= 0.3 is 0 Å². The van der Waals surface area contributed by atoms with Crippen molar-refractivity contribution < 1.29 is 30.0 Å². The van der Waals surface area contributed by atoms with Gasteiger partial charge in [0.1, 0.15) is 6.33 Å². The standard InChI is InChI=1S/C28H31N2S.C13H24O2.Ir/c1-18-12-21(16-27(2,3)4)31-26(18)25-15-24(29-17-30-25)20-13-19-10-8-9-11-22(19)23(14-20)28(5,6)7;1-5-10(6-2)12(14)9-13(15)11(7-3)8-4;/h8-12,14-15,17H,16H2,1-7H3;9-11,14H,5-8H2,1-4H3;/q-1;;/b;12-9-;. The fraction of sp³-hybridized carbons (Fsp3) is 0.488. The number of rotatable bonds is 10. The number of hydrogen-bond donors (Lipinski definition) is 1. The number of aromatic nitrogens is 2. The molecule has 0 spiro atoms. The van der Waals surface area contributed by atoms with Crippen LogP contribution in [0.3, 0.4) is 0 Å². The van der Waals surface area contributed by atoms with Gasteiger partial charge in [-0.3, -0.25) is 9.78 Å². The van der Waals surface area contributed by atoms with Crippen molar-refractivity contribution in [1.29, 1.82) is 0 Å². The van der Waals surface area contributed by atoms with Crippen LogP contribution in [0, 0.1) is 30.2 Å². The normalized spacial score (nSPS) is 12.2. The van der Waals surface area contributed by atoms with E-state index in [4.69, 9.17) is 0 Å². The van der Waals surface area contributed by atoms with Gasteiger partial charge in [0.15, 0.2) is 5.78 Å². The van der Waals surface area contributed by atoms with E-state index >= 15 is 0 Å². The molecule has 4 nitrogen and oxygen atoms in total. The second-order valence-electron chi connectivity index (χ2n) is 14.6. The van der Waals surface area contributed by atoms with E-state index in [1.807, 2.05) is 39.0 Å². The Balaban J connectivity index is 0.000000410. The fourth-order valence-corrected chi connectivity index (χ4v) is 7.25. The van der Waals surface area contributed by atoms with Crippen molar-refractivity contribution >= 4 is 27.9 Å². The molecule has 2 heterocycles. The molecule has 1 radical (unpaired) electrons. The van der Waals surface area contributed by atoms with E-state index in [9.17, 15) is 9.90 Å². The number of ketones is 1. The van der Waals surface area contributed by atoms with Crippen LogP contribution in [0.1, 0.15) is 111 Å².